The van der Waals surface area contributed by atoms with Gasteiger partial charge in [0.2, 0.25) is 0 Å². The number of carbonyl (C=O) groups excluding carboxylic acids is 1. The van der Waals surface area contributed by atoms with Crippen molar-refractivity contribution in [1.82, 2.24) is 5.32 Å². The minimum atomic E-state index is -0.211. The van der Waals surface area contributed by atoms with E-state index in [2.05, 4.69) is 31.3 Å². The molecular weight excluding hydrogens is 276 g/mol. The van der Waals surface area contributed by atoms with Crippen LogP contribution < -0.4 is 5.32 Å². The van der Waals surface area contributed by atoms with E-state index in [-0.39, 0.29) is 12.0 Å². The zero-order valence-corrected chi connectivity index (χ0v) is 10.1. The monoisotopic (exact) mass is 290 g/mol. The van der Waals surface area contributed by atoms with Gasteiger partial charge in [-0.3, -0.25) is 0 Å². The number of hydrogen-bond donors (Lipinski definition) is 1. The molecule has 1 radical (unpaired) electrons. The van der Waals surface area contributed by atoms with Crippen LogP contribution in [0.25, 0.3) is 0 Å². The van der Waals surface area contributed by atoms with Crippen LogP contribution in [0.2, 0.25) is 11.1 Å². The molecule has 0 aliphatic carbocycles. The summed E-state index contributed by atoms with van der Waals surface area (Å²) >= 11 is 2.88. The molecule has 0 rings (SSSR count). The van der Waals surface area contributed by atoms with Crippen molar-refractivity contribution in [3.8, 4) is 0 Å². The molecule has 0 heterocycles. The third-order valence-corrected chi connectivity index (χ3v) is 3.02. The summed E-state index contributed by atoms with van der Waals surface area (Å²) in [5.41, 5.74) is 0. The molecule has 1 N–H and O–H groups in total. The molecule has 0 spiro atoms. The normalized spacial score (nSPS) is 12.6. The van der Waals surface area contributed by atoms with Gasteiger partial charge in [0, 0.05) is 0 Å². The fourth-order valence-corrected chi connectivity index (χ4v) is 1.91. The number of nitrogens with one attached hydrogen (secondary N) is 1. The van der Waals surface area contributed by atoms with Gasteiger partial charge in [0.1, 0.15) is 0 Å². The Morgan fingerprint density at radius 2 is 2.45 bits per heavy atom. The van der Waals surface area contributed by atoms with E-state index in [1.807, 2.05) is 0 Å². The first-order chi connectivity index (χ1) is 5.26. The molecule has 0 unspecified atom stereocenters. The van der Waals surface area contributed by atoms with Gasteiger partial charge < -0.3 is 0 Å². The Bertz CT molecular complexity index is 121. The summed E-state index contributed by atoms with van der Waals surface area (Å²) in [7, 11) is 1.77. The van der Waals surface area contributed by atoms with Crippen LogP contribution in [0.5, 0.6) is 0 Å². The van der Waals surface area contributed by atoms with E-state index < -0.39 is 0 Å². The van der Waals surface area contributed by atoms with Crippen LogP contribution in [0.15, 0.2) is 0 Å². The predicted molar refractivity (Wildman–Crippen MR) is 45.7 cm³/mol. The number of rotatable bonds is 5. The molecular formula is C6H12NO2Se2. The molecule has 0 amide bonds. The Kier molecular flexibility index (Phi) is 7.44. The summed E-state index contributed by atoms with van der Waals surface area (Å²) in [6.45, 7) is 0. The van der Waals surface area contributed by atoms with E-state index in [9.17, 15) is 4.79 Å². The Balaban J connectivity index is 3.65. The minimum absolute atomic E-state index is 0.141. The van der Waals surface area contributed by atoms with Crippen LogP contribution in [0.3, 0.4) is 0 Å². The maximum atomic E-state index is 10.9. The zero-order chi connectivity index (χ0) is 8.69. The van der Waals surface area contributed by atoms with Crippen molar-refractivity contribution in [3.63, 3.8) is 0 Å². The predicted octanol–water partition coefficient (Wildman–Crippen LogP) is -0.238. The summed E-state index contributed by atoms with van der Waals surface area (Å²) in [5, 5.41) is 4.01. The molecule has 0 saturated heterocycles. The van der Waals surface area contributed by atoms with Crippen molar-refractivity contribution < 1.29 is 8.61 Å². The van der Waals surface area contributed by atoms with Gasteiger partial charge in [0.15, 0.2) is 0 Å². The van der Waals surface area contributed by atoms with Gasteiger partial charge in [0.05, 0.1) is 0 Å². The van der Waals surface area contributed by atoms with Gasteiger partial charge in [-0.2, -0.15) is 0 Å². The first kappa shape index (κ1) is 11.5. The molecule has 0 bridgehead atoms. The first-order valence-corrected chi connectivity index (χ1v) is 6.88. The number of likely N-dealkylation sites (N-methyl/N-ethyl adjacent to an activating group) is 1. The van der Waals surface area contributed by atoms with Crippen molar-refractivity contribution in [3.05, 3.63) is 0 Å². The second kappa shape index (κ2) is 7.14. The van der Waals surface area contributed by atoms with Gasteiger partial charge in [0.25, 0.3) is 0 Å². The molecule has 3 nitrogen and oxygen atoms in total. The van der Waals surface area contributed by atoms with Gasteiger partial charge >= 0.3 is 81.9 Å². The van der Waals surface area contributed by atoms with Crippen molar-refractivity contribution >= 4 is 37.3 Å². The summed E-state index contributed by atoms with van der Waals surface area (Å²) in [6, 6.07) is -0.141. The Labute approximate surface area is 81.9 Å². The molecule has 0 aliphatic rings. The van der Waals surface area contributed by atoms with Gasteiger partial charge in [-0.05, 0) is 0 Å². The average Bonchev–Trinajstić information content (AvgIpc) is 2.05. The van der Waals surface area contributed by atoms with Crippen molar-refractivity contribution in [1.29, 1.82) is 0 Å². The van der Waals surface area contributed by atoms with Crippen molar-refractivity contribution in [2.24, 2.45) is 0 Å². The van der Waals surface area contributed by atoms with Crippen molar-refractivity contribution in [2.75, 3.05) is 7.05 Å². The fourth-order valence-electron chi connectivity index (χ4n) is 0.674. The molecule has 0 fully saturated rings. The summed E-state index contributed by atoms with van der Waals surface area (Å²) in [6.07, 6.45) is 0.869. The summed E-state index contributed by atoms with van der Waals surface area (Å²) in [4.78, 5) is 10.9. The van der Waals surface area contributed by atoms with Gasteiger partial charge in [-0.25, -0.2) is 0 Å². The molecule has 65 valence electrons. The molecule has 5 heteroatoms. The standard InChI is InChI=1S/C6H12NO2Se2/c1-7-5(3-4-11-2)6(8)9-10/h5,7H,3-4H2,1-2H3/t5-/m0/s1. The van der Waals surface area contributed by atoms with E-state index in [0.29, 0.717) is 15.0 Å². The summed E-state index contributed by atoms with van der Waals surface area (Å²) in [5.74, 6) is 1.94. The third-order valence-electron chi connectivity index (χ3n) is 1.33. The van der Waals surface area contributed by atoms with Crippen molar-refractivity contribution in [2.45, 2.75) is 23.6 Å². The van der Waals surface area contributed by atoms with Crippen LogP contribution in [-0.4, -0.2) is 50.4 Å². The van der Waals surface area contributed by atoms with E-state index >= 15 is 0 Å². The summed E-state index contributed by atoms with van der Waals surface area (Å²) < 4.78 is 4.48. The molecule has 11 heavy (non-hydrogen) atoms. The molecule has 0 aromatic heterocycles. The zero-order valence-electron chi connectivity index (χ0n) is 6.62. The number of carbonyl (C=O) groups is 1. The molecule has 0 aliphatic heterocycles. The van der Waals surface area contributed by atoms with Crippen LogP contribution >= 0.6 is 0 Å². The fraction of sp³-hybridized carbons (Fsp3) is 0.833. The van der Waals surface area contributed by atoms with Crippen LogP contribution in [0, 0.1) is 0 Å². The number of hydrogen-bond acceptors (Lipinski definition) is 3. The molecule has 0 aromatic carbocycles. The van der Waals surface area contributed by atoms with E-state index in [0.717, 1.165) is 11.7 Å². The van der Waals surface area contributed by atoms with E-state index in [1.165, 1.54) is 0 Å². The quantitative estimate of drug-likeness (QED) is 0.710. The Morgan fingerprint density at radius 1 is 1.82 bits per heavy atom. The Hall–Kier alpha value is 0.469. The average molecular weight is 288 g/mol. The topological polar surface area (TPSA) is 38.3 Å². The third kappa shape index (κ3) is 4.83. The van der Waals surface area contributed by atoms with Gasteiger partial charge in [-0.15, -0.1) is 0 Å². The molecule has 1 atom stereocenters. The molecule has 0 aromatic rings. The maximum absolute atomic E-state index is 10.9. The van der Waals surface area contributed by atoms with Crippen LogP contribution in [0.4, 0.5) is 0 Å². The first-order valence-electron chi connectivity index (χ1n) is 3.26. The Morgan fingerprint density at radius 3 is 2.82 bits per heavy atom. The second-order valence-electron chi connectivity index (χ2n) is 2.03. The van der Waals surface area contributed by atoms with Crippen LogP contribution in [0.1, 0.15) is 6.42 Å². The van der Waals surface area contributed by atoms with Crippen LogP contribution in [-0.2, 0) is 8.61 Å². The van der Waals surface area contributed by atoms with E-state index in [1.54, 1.807) is 7.05 Å². The second-order valence-corrected chi connectivity index (χ2v) is 4.44. The SMILES string of the molecule is CN[C@@H](CC[Se]C)C(=O)O[Se]. The van der Waals surface area contributed by atoms with E-state index in [4.69, 9.17) is 0 Å². The molecule has 0 saturated carbocycles. The van der Waals surface area contributed by atoms with Gasteiger partial charge in [-0.1, -0.05) is 0 Å².